The highest BCUT2D eigenvalue weighted by molar-refractivity contribution is 7.14. The van der Waals surface area contributed by atoms with Crippen molar-refractivity contribution in [3.63, 3.8) is 0 Å². The molecule has 116 valence electrons. The molecule has 1 aromatic heterocycles. The van der Waals surface area contributed by atoms with Crippen LogP contribution in [0.15, 0.2) is 10.5 Å². The number of oxime groups is 1. The van der Waals surface area contributed by atoms with Crippen molar-refractivity contribution in [2.45, 2.75) is 26.4 Å². The number of nitrogens with one attached hydrogen (secondary N) is 1. The molecule has 0 aromatic carbocycles. The lowest BCUT2D eigenvalue weighted by Crippen LogP contribution is -2.26. The minimum absolute atomic E-state index is 0.154. The number of aliphatic carboxylic acids is 1. The van der Waals surface area contributed by atoms with Crippen LogP contribution >= 0.6 is 11.3 Å². The highest BCUT2D eigenvalue weighted by Crippen LogP contribution is 2.15. The third-order valence-corrected chi connectivity index (χ3v) is 2.78. The average molecular weight is 315 g/mol. The minimum Gasteiger partial charge on any atom is -0.476 e. The Bertz CT molecular complexity index is 547. The minimum atomic E-state index is -1.30. The molecule has 0 amide bonds. The Kier molecular flexibility index (Phi) is 5.65. The van der Waals surface area contributed by atoms with Gasteiger partial charge < -0.3 is 20.0 Å². The predicted octanol–water partition coefficient (Wildman–Crippen LogP) is 1.33. The molecule has 0 spiro atoms. The van der Waals surface area contributed by atoms with E-state index in [-0.39, 0.29) is 11.4 Å². The first-order chi connectivity index (χ1) is 9.73. The van der Waals surface area contributed by atoms with Gasteiger partial charge in [0.1, 0.15) is 11.3 Å². The van der Waals surface area contributed by atoms with Gasteiger partial charge in [-0.25, -0.2) is 14.6 Å². The van der Waals surface area contributed by atoms with Crippen LogP contribution in [-0.4, -0.2) is 47.0 Å². The van der Waals surface area contributed by atoms with E-state index in [1.165, 1.54) is 16.7 Å². The number of nitrogens with zero attached hydrogens (tertiary/aromatic N) is 2. The zero-order valence-corrected chi connectivity index (χ0v) is 13.0. The van der Waals surface area contributed by atoms with Gasteiger partial charge >= 0.3 is 11.9 Å². The fraction of sp³-hybridized carbons (Fsp3) is 0.500. The molecule has 0 aliphatic carbocycles. The molecule has 1 heterocycles. The summed E-state index contributed by atoms with van der Waals surface area (Å²) >= 11 is 1.23. The van der Waals surface area contributed by atoms with Gasteiger partial charge in [-0.15, -0.1) is 11.3 Å². The number of anilines is 1. The van der Waals surface area contributed by atoms with Gasteiger partial charge in [0, 0.05) is 12.4 Å². The molecule has 1 aromatic rings. The zero-order chi connectivity index (χ0) is 16.0. The zero-order valence-electron chi connectivity index (χ0n) is 12.2. The summed E-state index contributed by atoms with van der Waals surface area (Å²) in [5.41, 5.74) is -0.867. The second kappa shape index (κ2) is 7.02. The van der Waals surface area contributed by atoms with Crippen LogP contribution in [0.3, 0.4) is 0 Å². The Morgan fingerprint density at radius 2 is 2.14 bits per heavy atom. The molecule has 21 heavy (non-hydrogen) atoms. The van der Waals surface area contributed by atoms with E-state index in [1.807, 2.05) is 0 Å². The molecule has 2 N–H and O–H groups in total. The first-order valence-electron chi connectivity index (χ1n) is 6.01. The summed E-state index contributed by atoms with van der Waals surface area (Å²) in [6.45, 7) is 4.67. The average Bonchev–Trinajstić information content (AvgIpc) is 2.80. The number of carbonyl (C=O) groups is 2. The Hall–Kier alpha value is -2.16. The van der Waals surface area contributed by atoms with Crippen molar-refractivity contribution < 1.29 is 24.3 Å². The van der Waals surface area contributed by atoms with Crippen LogP contribution in [0.4, 0.5) is 5.13 Å². The predicted molar refractivity (Wildman–Crippen MR) is 77.6 cm³/mol. The van der Waals surface area contributed by atoms with Crippen LogP contribution in [0.2, 0.25) is 0 Å². The number of thiazole rings is 1. The summed E-state index contributed by atoms with van der Waals surface area (Å²) in [4.78, 5) is 31.3. The van der Waals surface area contributed by atoms with Gasteiger partial charge in [-0.1, -0.05) is 5.16 Å². The van der Waals surface area contributed by atoms with Crippen LogP contribution in [-0.2, 0) is 19.2 Å². The molecule has 0 radical (unpaired) electrons. The maximum Gasteiger partial charge on any atom is 0.360 e. The SMILES string of the molecule is CNc1nc(/C(=N/OCC(=O)OC(C)(C)C)C(=O)O)cs1. The molecule has 0 saturated carbocycles. The van der Waals surface area contributed by atoms with E-state index in [9.17, 15) is 9.59 Å². The Morgan fingerprint density at radius 1 is 1.48 bits per heavy atom. The molecule has 0 atom stereocenters. The number of rotatable bonds is 6. The second-order valence-electron chi connectivity index (χ2n) is 4.89. The Balaban J connectivity index is 2.69. The summed E-state index contributed by atoms with van der Waals surface area (Å²) in [6, 6.07) is 0. The number of aromatic nitrogens is 1. The Morgan fingerprint density at radius 3 is 2.62 bits per heavy atom. The number of hydrogen-bond acceptors (Lipinski definition) is 8. The van der Waals surface area contributed by atoms with E-state index in [2.05, 4.69) is 15.5 Å². The first kappa shape index (κ1) is 16.9. The van der Waals surface area contributed by atoms with Gasteiger partial charge in [0.2, 0.25) is 12.3 Å². The third kappa shape index (κ3) is 5.78. The number of carboxylic acid groups (broad SMARTS) is 1. The van der Waals surface area contributed by atoms with Gasteiger partial charge in [0.05, 0.1) is 0 Å². The fourth-order valence-corrected chi connectivity index (χ4v) is 1.87. The van der Waals surface area contributed by atoms with Crippen LogP contribution < -0.4 is 5.32 Å². The van der Waals surface area contributed by atoms with E-state index in [4.69, 9.17) is 14.7 Å². The molecule has 0 bridgehead atoms. The molecule has 0 aliphatic rings. The molecule has 0 saturated heterocycles. The van der Waals surface area contributed by atoms with Crippen molar-refractivity contribution in [1.29, 1.82) is 0 Å². The maximum absolute atomic E-state index is 11.4. The summed E-state index contributed by atoms with van der Waals surface area (Å²) in [5, 5.41) is 17.4. The molecule has 0 aliphatic heterocycles. The molecular formula is C12H17N3O5S. The van der Waals surface area contributed by atoms with Crippen molar-refractivity contribution in [2.75, 3.05) is 19.0 Å². The van der Waals surface area contributed by atoms with Crippen molar-refractivity contribution in [3.8, 4) is 0 Å². The fourth-order valence-electron chi connectivity index (χ4n) is 1.21. The van der Waals surface area contributed by atoms with Gasteiger partial charge in [-0.2, -0.15) is 0 Å². The summed E-state index contributed by atoms with van der Waals surface area (Å²) < 4.78 is 5.00. The highest BCUT2D eigenvalue weighted by atomic mass is 32.1. The van der Waals surface area contributed by atoms with E-state index in [0.717, 1.165) is 0 Å². The van der Waals surface area contributed by atoms with E-state index < -0.39 is 24.1 Å². The normalized spacial score (nSPS) is 11.9. The number of ether oxygens (including phenoxy) is 1. The molecular weight excluding hydrogens is 298 g/mol. The smallest absolute Gasteiger partial charge is 0.360 e. The van der Waals surface area contributed by atoms with Crippen molar-refractivity contribution in [1.82, 2.24) is 4.98 Å². The van der Waals surface area contributed by atoms with E-state index in [0.29, 0.717) is 5.13 Å². The van der Waals surface area contributed by atoms with Gasteiger partial charge in [0.25, 0.3) is 0 Å². The third-order valence-electron chi connectivity index (χ3n) is 1.92. The van der Waals surface area contributed by atoms with Crippen molar-refractivity contribution in [3.05, 3.63) is 11.1 Å². The molecule has 8 nitrogen and oxygen atoms in total. The van der Waals surface area contributed by atoms with Gasteiger partial charge in [-0.05, 0) is 20.8 Å². The van der Waals surface area contributed by atoms with Gasteiger partial charge in [-0.3, -0.25) is 0 Å². The number of esters is 1. The van der Waals surface area contributed by atoms with Crippen LogP contribution in [0.5, 0.6) is 0 Å². The largest absolute Gasteiger partial charge is 0.476 e. The number of carbonyl (C=O) groups excluding carboxylic acids is 1. The number of hydrogen-bond donors (Lipinski definition) is 2. The Labute approximate surface area is 125 Å². The number of carboxylic acids is 1. The monoisotopic (exact) mass is 315 g/mol. The molecule has 0 unspecified atom stereocenters. The summed E-state index contributed by atoms with van der Waals surface area (Å²) in [6.07, 6.45) is 0. The lowest BCUT2D eigenvalue weighted by atomic mass is 10.2. The molecule has 0 fully saturated rings. The van der Waals surface area contributed by atoms with Gasteiger partial charge in [0.15, 0.2) is 5.13 Å². The second-order valence-corrected chi connectivity index (χ2v) is 5.75. The molecule has 1 rings (SSSR count). The van der Waals surface area contributed by atoms with Crippen molar-refractivity contribution in [2.24, 2.45) is 5.16 Å². The lowest BCUT2D eigenvalue weighted by molar-refractivity contribution is -0.160. The van der Waals surface area contributed by atoms with Crippen molar-refractivity contribution >= 4 is 34.1 Å². The standard InChI is InChI=1S/C12H17N3O5S/c1-12(2,3)20-8(16)5-19-15-9(10(17)18)7-6-21-11(13-4)14-7/h6H,5H2,1-4H3,(H,13,14)(H,17,18)/b15-9-. The van der Waals surface area contributed by atoms with Crippen LogP contribution in [0.25, 0.3) is 0 Å². The summed E-state index contributed by atoms with van der Waals surface area (Å²) in [7, 11) is 1.67. The van der Waals surface area contributed by atoms with E-state index >= 15 is 0 Å². The molecule has 9 heteroatoms. The first-order valence-corrected chi connectivity index (χ1v) is 6.89. The maximum atomic E-state index is 11.4. The highest BCUT2D eigenvalue weighted by Gasteiger charge is 2.19. The van der Waals surface area contributed by atoms with E-state index in [1.54, 1.807) is 27.8 Å². The van der Waals surface area contributed by atoms with Crippen LogP contribution in [0.1, 0.15) is 26.5 Å². The lowest BCUT2D eigenvalue weighted by Gasteiger charge is -2.18. The topological polar surface area (TPSA) is 110 Å². The quantitative estimate of drug-likeness (QED) is 0.463. The van der Waals surface area contributed by atoms with Crippen LogP contribution in [0, 0.1) is 0 Å². The summed E-state index contributed by atoms with van der Waals surface area (Å²) in [5.74, 6) is -1.93.